The zero-order chi connectivity index (χ0) is 29.9. The van der Waals surface area contributed by atoms with E-state index in [0.29, 0.717) is 57.0 Å². The fourth-order valence-corrected chi connectivity index (χ4v) is 7.23. The topological polar surface area (TPSA) is 127 Å². The molecule has 1 aromatic carbocycles. The zero-order valence-corrected chi connectivity index (χ0v) is 24.3. The molecular formula is C31H41N5O6. The van der Waals surface area contributed by atoms with Crippen LogP contribution in [0.2, 0.25) is 0 Å². The van der Waals surface area contributed by atoms with E-state index >= 15 is 0 Å². The van der Waals surface area contributed by atoms with Crippen molar-refractivity contribution in [2.75, 3.05) is 26.3 Å². The molecule has 0 radical (unpaired) electrons. The van der Waals surface area contributed by atoms with E-state index in [4.69, 9.17) is 9.47 Å². The SMILES string of the molecule is C=CCCOC(=O)[C@@H]1[C@H]2C(=O)N(CCCCCO)C(C(=O)N(CC=C)Cn3nnc4ccccc43)C23CC[C@@]1(CC)O3. The Hall–Kier alpha value is -3.57. The molecule has 2 aromatic rings. The Balaban J connectivity index is 1.51. The second-order valence-electron chi connectivity index (χ2n) is 11.5. The number of fused-ring (bicyclic) bond motifs is 2. The minimum absolute atomic E-state index is 0.0581. The van der Waals surface area contributed by atoms with Crippen LogP contribution in [0.25, 0.3) is 11.0 Å². The summed E-state index contributed by atoms with van der Waals surface area (Å²) in [7, 11) is 0. The second kappa shape index (κ2) is 12.3. The first-order valence-corrected chi connectivity index (χ1v) is 14.9. The van der Waals surface area contributed by atoms with E-state index in [0.717, 1.165) is 5.52 Å². The van der Waals surface area contributed by atoms with E-state index in [9.17, 15) is 19.5 Å². The Morgan fingerprint density at radius 3 is 2.76 bits per heavy atom. The number of aromatic nitrogens is 3. The van der Waals surface area contributed by atoms with Crippen LogP contribution in [0.5, 0.6) is 0 Å². The number of para-hydroxylation sites is 1. The van der Waals surface area contributed by atoms with Crippen LogP contribution in [-0.4, -0.2) is 91.2 Å². The molecule has 11 heteroatoms. The summed E-state index contributed by atoms with van der Waals surface area (Å²) < 4.78 is 14.1. The molecular weight excluding hydrogens is 538 g/mol. The van der Waals surface area contributed by atoms with Gasteiger partial charge in [0.2, 0.25) is 11.8 Å². The fourth-order valence-electron chi connectivity index (χ4n) is 7.23. The number of hydrogen-bond donors (Lipinski definition) is 1. The number of carbonyl (C=O) groups excluding carboxylic acids is 3. The number of nitrogens with zero attached hydrogens (tertiary/aromatic N) is 5. The normalized spacial score (nSPS) is 27.8. The maximum Gasteiger partial charge on any atom is 0.312 e. The number of aliphatic hydroxyl groups is 1. The fraction of sp³-hybridized carbons (Fsp3) is 0.581. The Morgan fingerprint density at radius 1 is 1.21 bits per heavy atom. The van der Waals surface area contributed by atoms with Crippen molar-refractivity contribution in [3.05, 3.63) is 49.6 Å². The van der Waals surface area contributed by atoms with Crippen LogP contribution in [0.3, 0.4) is 0 Å². The van der Waals surface area contributed by atoms with E-state index in [1.54, 1.807) is 26.6 Å². The predicted molar refractivity (Wildman–Crippen MR) is 155 cm³/mol. The highest BCUT2D eigenvalue weighted by Crippen LogP contribution is 2.64. The first-order valence-electron chi connectivity index (χ1n) is 14.9. The van der Waals surface area contributed by atoms with E-state index in [2.05, 4.69) is 23.5 Å². The molecule has 11 nitrogen and oxygen atoms in total. The maximum atomic E-state index is 14.6. The second-order valence-corrected chi connectivity index (χ2v) is 11.5. The Labute approximate surface area is 246 Å². The lowest BCUT2D eigenvalue weighted by molar-refractivity contribution is -0.162. The molecule has 1 aromatic heterocycles. The molecule has 1 N–H and O–H groups in total. The summed E-state index contributed by atoms with van der Waals surface area (Å²) in [6.45, 7) is 10.4. The molecule has 3 aliphatic rings. The smallest absolute Gasteiger partial charge is 0.312 e. The number of likely N-dealkylation sites (tertiary alicyclic amines) is 1. The molecule has 0 aliphatic carbocycles. The third kappa shape index (κ3) is 4.92. The van der Waals surface area contributed by atoms with Gasteiger partial charge in [-0.2, -0.15) is 0 Å². The average Bonchev–Trinajstić information content (AvgIpc) is 3.72. The van der Waals surface area contributed by atoms with Gasteiger partial charge in [0.15, 0.2) is 0 Å². The molecule has 42 heavy (non-hydrogen) atoms. The molecule has 3 aliphatic heterocycles. The molecule has 0 saturated carbocycles. The quantitative estimate of drug-likeness (QED) is 0.194. The first-order chi connectivity index (χ1) is 20.4. The lowest BCUT2D eigenvalue weighted by Crippen LogP contribution is -2.56. The molecule has 5 atom stereocenters. The van der Waals surface area contributed by atoms with Gasteiger partial charge in [0, 0.05) is 19.7 Å². The number of hydrogen-bond acceptors (Lipinski definition) is 8. The van der Waals surface area contributed by atoms with Gasteiger partial charge in [-0.15, -0.1) is 18.3 Å². The lowest BCUT2D eigenvalue weighted by atomic mass is 9.65. The van der Waals surface area contributed by atoms with Crippen molar-refractivity contribution in [3.63, 3.8) is 0 Å². The summed E-state index contributed by atoms with van der Waals surface area (Å²) in [5, 5.41) is 17.8. The van der Waals surface area contributed by atoms with Crippen molar-refractivity contribution < 1.29 is 29.0 Å². The van der Waals surface area contributed by atoms with Crippen LogP contribution < -0.4 is 0 Å². The van der Waals surface area contributed by atoms with Gasteiger partial charge in [-0.25, -0.2) is 4.68 Å². The predicted octanol–water partition coefficient (Wildman–Crippen LogP) is 2.84. The van der Waals surface area contributed by atoms with Crippen LogP contribution in [0.4, 0.5) is 0 Å². The molecule has 1 spiro atoms. The summed E-state index contributed by atoms with van der Waals surface area (Å²) in [6, 6.07) is 6.59. The van der Waals surface area contributed by atoms with Crippen LogP contribution in [0.1, 0.15) is 51.9 Å². The highest BCUT2D eigenvalue weighted by molar-refractivity contribution is 5.98. The van der Waals surface area contributed by atoms with Crippen molar-refractivity contribution in [1.29, 1.82) is 0 Å². The van der Waals surface area contributed by atoms with E-state index < -0.39 is 35.0 Å². The van der Waals surface area contributed by atoms with Crippen LogP contribution in [0, 0.1) is 11.8 Å². The van der Waals surface area contributed by atoms with Gasteiger partial charge in [-0.05, 0) is 57.1 Å². The number of amides is 2. The van der Waals surface area contributed by atoms with Gasteiger partial charge in [-0.1, -0.05) is 36.4 Å². The lowest BCUT2D eigenvalue weighted by Gasteiger charge is -2.36. The molecule has 226 valence electrons. The minimum atomic E-state index is -1.15. The van der Waals surface area contributed by atoms with Crippen molar-refractivity contribution in [3.8, 4) is 0 Å². The standard InChI is InChI=1S/C31H41N5O6/c1-4-7-20-41-29(40)25-24-27(38)35(18-11-8-12-19-37)26(31(24)16-15-30(25,6-3)42-31)28(39)34(17-5-2)21-36-23-14-10-9-13-22(23)32-33-36/h4-5,9-10,13-14,24-26,37H,1-2,6-8,11-12,15-21H2,3H3/t24-,25-,26?,30+,31?/m0/s1. The van der Waals surface area contributed by atoms with Crippen LogP contribution in [0.15, 0.2) is 49.6 Å². The molecule has 4 heterocycles. The number of aliphatic hydroxyl groups excluding tert-OH is 1. The van der Waals surface area contributed by atoms with Crippen LogP contribution in [-0.2, 0) is 30.5 Å². The Bertz CT molecular complexity index is 1340. The highest BCUT2D eigenvalue weighted by Gasteiger charge is 2.79. The average molecular weight is 580 g/mol. The summed E-state index contributed by atoms with van der Waals surface area (Å²) in [6.07, 6.45) is 7.33. The molecule has 3 fully saturated rings. The van der Waals surface area contributed by atoms with Gasteiger partial charge in [-0.3, -0.25) is 14.4 Å². The van der Waals surface area contributed by atoms with E-state index in [1.165, 1.54) is 0 Å². The summed E-state index contributed by atoms with van der Waals surface area (Å²) in [5.41, 5.74) is -0.515. The number of ether oxygens (including phenoxy) is 2. The van der Waals surface area contributed by atoms with E-state index in [1.807, 2.05) is 31.2 Å². The van der Waals surface area contributed by atoms with Gasteiger partial charge < -0.3 is 24.4 Å². The van der Waals surface area contributed by atoms with Gasteiger partial charge in [0.1, 0.15) is 29.7 Å². The van der Waals surface area contributed by atoms with Crippen molar-refractivity contribution >= 4 is 28.8 Å². The third-order valence-electron chi connectivity index (χ3n) is 9.18. The number of carbonyl (C=O) groups is 3. The minimum Gasteiger partial charge on any atom is -0.465 e. The molecule has 2 bridgehead atoms. The Kier molecular flexibility index (Phi) is 8.79. The molecule has 5 rings (SSSR count). The van der Waals surface area contributed by atoms with Crippen LogP contribution >= 0.6 is 0 Å². The highest BCUT2D eigenvalue weighted by atomic mass is 16.6. The largest absolute Gasteiger partial charge is 0.465 e. The van der Waals surface area contributed by atoms with E-state index in [-0.39, 0.29) is 38.2 Å². The zero-order valence-electron chi connectivity index (χ0n) is 24.3. The first kappa shape index (κ1) is 29.9. The monoisotopic (exact) mass is 579 g/mol. The third-order valence-corrected chi connectivity index (χ3v) is 9.18. The number of esters is 1. The number of rotatable bonds is 15. The molecule has 2 amide bonds. The van der Waals surface area contributed by atoms with Gasteiger partial charge in [0.25, 0.3) is 0 Å². The van der Waals surface area contributed by atoms with Crippen molar-refractivity contribution in [2.24, 2.45) is 11.8 Å². The summed E-state index contributed by atoms with van der Waals surface area (Å²) in [5.74, 6) is -2.59. The Morgan fingerprint density at radius 2 is 2.02 bits per heavy atom. The number of benzene rings is 1. The van der Waals surface area contributed by atoms with Gasteiger partial charge >= 0.3 is 5.97 Å². The number of unbranched alkanes of at least 4 members (excludes halogenated alkanes) is 2. The van der Waals surface area contributed by atoms with Crippen molar-refractivity contribution in [2.45, 2.75) is 75.8 Å². The maximum absolute atomic E-state index is 14.6. The summed E-state index contributed by atoms with van der Waals surface area (Å²) >= 11 is 0. The summed E-state index contributed by atoms with van der Waals surface area (Å²) in [4.78, 5) is 45.7. The molecule has 3 saturated heterocycles. The van der Waals surface area contributed by atoms with Crippen molar-refractivity contribution in [1.82, 2.24) is 24.8 Å². The van der Waals surface area contributed by atoms with Gasteiger partial charge in [0.05, 0.1) is 23.6 Å². The molecule has 2 unspecified atom stereocenters.